The number of rotatable bonds is 6. The first-order valence-electron chi connectivity index (χ1n) is 6.89. The third kappa shape index (κ3) is 5.59. The van der Waals surface area contributed by atoms with Crippen LogP contribution in [0, 0.1) is 11.3 Å². The van der Waals surface area contributed by atoms with E-state index < -0.39 is 29.3 Å². The fraction of sp³-hybridized carbons (Fsp3) is 0.786. The normalized spacial score (nSPS) is 14.1. The molecule has 0 rings (SSSR count). The Morgan fingerprint density at radius 1 is 1.10 bits per heavy atom. The Balaban J connectivity index is 4.89. The largest absolute Gasteiger partial charge is 0.465 e. The summed E-state index contributed by atoms with van der Waals surface area (Å²) in [4.78, 5) is 35.8. The van der Waals surface area contributed by atoms with E-state index in [1.165, 1.54) is 0 Å². The van der Waals surface area contributed by atoms with E-state index >= 15 is 0 Å². The van der Waals surface area contributed by atoms with Crippen LogP contribution in [0.3, 0.4) is 0 Å². The number of amides is 2. The quantitative estimate of drug-likeness (QED) is 0.560. The molecule has 6 nitrogen and oxygen atoms in total. The zero-order valence-corrected chi connectivity index (χ0v) is 13.2. The van der Waals surface area contributed by atoms with E-state index in [4.69, 9.17) is 4.74 Å². The van der Waals surface area contributed by atoms with Crippen LogP contribution in [0.4, 0.5) is 0 Å². The van der Waals surface area contributed by atoms with Gasteiger partial charge in [0.25, 0.3) is 0 Å². The molecule has 0 aromatic rings. The first-order valence-corrected chi connectivity index (χ1v) is 6.89. The van der Waals surface area contributed by atoms with Crippen LogP contribution in [-0.4, -0.2) is 37.0 Å². The average Bonchev–Trinajstić information content (AvgIpc) is 2.27. The van der Waals surface area contributed by atoms with Crippen molar-refractivity contribution in [1.82, 2.24) is 10.6 Å². The van der Waals surface area contributed by atoms with Crippen molar-refractivity contribution in [2.24, 2.45) is 11.3 Å². The van der Waals surface area contributed by atoms with Gasteiger partial charge in [0.05, 0.1) is 6.61 Å². The monoisotopic (exact) mass is 286 g/mol. The topological polar surface area (TPSA) is 84.5 Å². The maximum atomic E-state index is 12.2. The molecule has 0 fully saturated rings. The number of nitrogens with one attached hydrogen (secondary N) is 2. The number of esters is 1. The van der Waals surface area contributed by atoms with Crippen molar-refractivity contribution >= 4 is 17.8 Å². The minimum absolute atomic E-state index is 0.213. The van der Waals surface area contributed by atoms with Crippen molar-refractivity contribution < 1.29 is 19.1 Å². The maximum Gasteiger partial charge on any atom is 0.319 e. The molecule has 0 saturated heterocycles. The van der Waals surface area contributed by atoms with Crippen LogP contribution in [0.5, 0.6) is 0 Å². The highest BCUT2D eigenvalue weighted by atomic mass is 16.5. The molecule has 20 heavy (non-hydrogen) atoms. The van der Waals surface area contributed by atoms with Crippen LogP contribution in [0.25, 0.3) is 0 Å². The number of carbonyl (C=O) groups is 3. The molecule has 2 N–H and O–H groups in total. The lowest BCUT2D eigenvalue weighted by molar-refractivity contribution is -0.157. The van der Waals surface area contributed by atoms with E-state index in [1.807, 2.05) is 0 Å². The zero-order chi connectivity index (χ0) is 15.9. The van der Waals surface area contributed by atoms with Crippen molar-refractivity contribution in [2.45, 2.75) is 47.6 Å². The number of hydrogen-bond acceptors (Lipinski definition) is 4. The Morgan fingerprint density at radius 3 is 2.05 bits per heavy atom. The second-order valence-corrected chi connectivity index (χ2v) is 5.68. The number of ether oxygens (including phenoxy) is 1. The first kappa shape index (κ1) is 18.4. The molecule has 2 unspecified atom stereocenters. The molecule has 0 radical (unpaired) electrons. The molecule has 0 saturated carbocycles. The van der Waals surface area contributed by atoms with Gasteiger partial charge in [0.2, 0.25) is 11.8 Å². The lowest BCUT2D eigenvalue weighted by Crippen LogP contribution is -2.50. The summed E-state index contributed by atoms with van der Waals surface area (Å²) in [6.07, 6.45) is 0. The molecule has 0 bridgehead atoms. The van der Waals surface area contributed by atoms with Gasteiger partial charge in [0.15, 0.2) is 0 Å². The molecule has 0 aromatic carbocycles. The number of likely N-dealkylation sites (N-methyl/N-ethyl adjacent to an activating group) is 1. The summed E-state index contributed by atoms with van der Waals surface area (Å²) in [7, 11) is 0. The van der Waals surface area contributed by atoms with Crippen molar-refractivity contribution in [3.8, 4) is 0 Å². The third-order valence-electron chi connectivity index (χ3n) is 2.75. The molecule has 0 aliphatic carbocycles. The smallest absolute Gasteiger partial charge is 0.319 e. The molecule has 0 aliphatic rings. The zero-order valence-electron chi connectivity index (χ0n) is 13.2. The molecular formula is C14H26N2O4. The number of carbonyl (C=O) groups excluding carboxylic acids is 3. The summed E-state index contributed by atoms with van der Waals surface area (Å²) < 4.78 is 4.94. The Hall–Kier alpha value is -1.59. The van der Waals surface area contributed by atoms with E-state index in [-0.39, 0.29) is 12.5 Å². The SMILES string of the molecule is CCNC(=O)C(C)NC(=O)C(C(=O)OCC)C(C)(C)C. The minimum Gasteiger partial charge on any atom is -0.465 e. The van der Waals surface area contributed by atoms with Gasteiger partial charge >= 0.3 is 5.97 Å². The summed E-state index contributed by atoms with van der Waals surface area (Å²) in [5, 5.41) is 5.17. The van der Waals surface area contributed by atoms with E-state index in [1.54, 1.807) is 41.5 Å². The molecular weight excluding hydrogens is 260 g/mol. The van der Waals surface area contributed by atoms with E-state index in [0.717, 1.165) is 0 Å². The average molecular weight is 286 g/mol. The van der Waals surface area contributed by atoms with E-state index in [9.17, 15) is 14.4 Å². The highest BCUT2D eigenvalue weighted by molar-refractivity contribution is 6.00. The molecule has 2 amide bonds. The van der Waals surface area contributed by atoms with Crippen LogP contribution in [0.2, 0.25) is 0 Å². The van der Waals surface area contributed by atoms with Crippen LogP contribution in [0.15, 0.2) is 0 Å². The summed E-state index contributed by atoms with van der Waals surface area (Å²) in [6, 6.07) is -0.693. The Morgan fingerprint density at radius 2 is 1.65 bits per heavy atom. The van der Waals surface area contributed by atoms with Crippen molar-refractivity contribution in [3.05, 3.63) is 0 Å². The fourth-order valence-electron chi connectivity index (χ4n) is 1.77. The van der Waals surface area contributed by atoms with Crippen LogP contribution >= 0.6 is 0 Å². The van der Waals surface area contributed by atoms with Crippen LogP contribution in [0.1, 0.15) is 41.5 Å². The van der Waals surface area contributed by atoms with Gasteiger partial charge in [-0.25, -0.2) is 0 Å². The molecule has 0 aromatic heterocycles. The summed E-state index contributed by atoms with van der Waals surface area (Å²) in [5.74, 6) is -2.29. The summed E-state index contributed by atoms with van der Waals surface area (Å²) in [5.41, 5.74) is -0.586. The van der Waals surface area contributed by atoms with E-state index in [2.05, 4.69) is 10.6 Å². The third-order valence-corrected chi connectivity index (χ3v) is 2.75. The Bertz CT molecular complexity index is 361. The second-order valence-electron chi connectivity index (χ2n) is 5.68. The van der Waals surface area contributed by atoms with Crippen molar-refractivity contribution in [1.29, 1.82) is 0 Å². The van der Waals surface area contributed by atoms with Gasteiger partial charge in [0.1, 0.15) is 12.0 Å². The lowest BCUT2D eigenvalue weighted by Gasteiger charge is -2.28. The van der Waals surface area contributed by atoms with Gasteiger partial charge in [-0.3, -0.25) is 14.4 Å². The first-order chi connectivity index (χ1) is 9.15. The van der Waals surface area contributed by atoms with Crippen LogP contribution < -0.4 is 10.6 Å². The van der Waals surface area contributed by atoms with Gasteiger partial charge < -0.3 is 15.4 Å². The molecule has 2 atom stereocenters. The molecule has 6 heteroatoms. The van der Waals surface area contributed by atoms with Crippen LogP contribution in [-0.2, 0) is 19.1 Å². The van der Waals surface area contributed by atoms with Gasteiger partial charge in [-0.2, -0.15) is 0 Å². The highest BCUT2D eigenvalue weighted by Crippen LogP contribution is 2.27. The van der Waals surface area contributed by atoms with Gasteiger partial charge in [0, 0.05) is 6.54 Å². The maximum absolute atomic E-state index is 12.2. The molecule has 0 spiro atoms. The molecule has 0 aliphatic heterocycles. The number of hydrogen-bond donors (Lipinski definition) is 2. The molecule has 0 heterocycles. The van der Waals surface area contributed by atoms with Gasteiger partial charge in [-0.1, -0.05) is 20.8 Å². The minimum atomic E-state index is -0.945. The standard InChI is InChI=1S/C14H26N2O4/c1-7-15-11(17)9(3)16-12(18)10(14(4,5)6)13(19)20-8-2/h9-10H,7-8H2,1-6H3,(H,15,17)(H,16,18). The Labute approximate surface area is 120 Å². The predicted molar refractivity (Wildman–Crippen MR) is 75.9 cm³/mol. The fourth-order valence-corrected chi connectivity index (χ4v) is 1.77. The van der Waals surface area contributed by atoms with Crippen molar-refractivity contribution in [2.75, 3.05) is 13.2 Å². The predicted octanol–water partition coefficient (Wildman–Crippen LogP) is 0.853. The van der Waals surface area contributed by atoms with Gasteiger partial charge in [-0.15, -0.1) is 0 Å². The summed E-state index contributed by atoms with van der Waals surface area (Å²) >= 11 is 0. The lowest BCUT2D eigenvalue weighted by atomic mass is 9.80. The second kappa shape index (κ2) is 7.87. The molecule has 116 valence electrons. The highest BCUT2D eigenvalue weighted by Gasteiger charge is 2.39. The van der Waals surface area contributed by atoms with Crippen molar-refractivity contribution in [3.63, 3.8) is 0 Å². The Kier molecular flexibility index (Phi) is 7.24. The van der Waals surface area contributed by atoms with Gasteiger partial charge in [-0.05, 0) is 26.2 Å². The van der Waals surface area contributed by atoms with E-state index in [0.29, 0.717) is 6.54 Å². The summed E-state index contributed by atoms with van der Waals surface area (Å²) in [6.45, 7) is 11.1.